The van der Waals surface area contributed by atoms with Crippen molar-refractivity contribution in [3.8, 4) is 23.0 Å². The van der Waals surface area contributed by atoms with Crippen molar-refractivity contribution in [1.82, 2.24) is 5.43 Å². The van der Waals surface area contributed by atoms with Gasteiger partial charge in [-0.3, -0.25) is 4.79 Å². The largest absolute Gasteiger partial charge is 0.493 e. The van der Waals surface area contributed by atoms with Crippen LogP contribution in [0.5, 0.6) is 23.0 Å². The van der Waals surface area contributed by atoms with E-state index in [4.69, 9.17) is 30.5 Å². The molecular weight excluding hydrogens is 432 g/mol. The van der Waals surface area contributed by atoms with Gasteiger partial charge in [0.1, 0.15) is 6.61 Å². The summed E-state index contributed by atoms with van der Waals surface area (Å²) in [6.45, 7) is 0.182. The number of benzene rings is 3. The molecule has 3 aromatic carbocycles. The molecule has 0 radical (unpaired) electrons. The number of hydrogen-bond donors (Lipinski definition) is 1. The molecule has 32 heavy (non-hydrogen) atoms. The summed E-state index contributed by atoms with van der Waals surface area (Å²) in [5.74, 6) is 1.77. The third-order valence-corrected chi connectivity index (χ3v) is 4.58. The Balaban J connectivity index is 1.52. The lowest BCUT2D eigenvalue weighted by atomic mass is 10.2. The lowest BCUT2D eigenvalue weighted by Crippen LogP contribution is -2.24. The minimum absolute atomic E-state index is 0.196. The van der Waals surface area contributed by atoms with E-state index < -0.39 is 5.91 Å². The van der Waals surface area contributed by atoms with Crippen LogP contribution in [-0.2, 0) is 11.4 Å². The molecule has 0 aliphatic rings. The van der Waals surface area contributed by atoms with Gasteiger partial charge in [0.2, 0.25) is 0 Å². The number of hydrazone groups is 1. The second-order valence-corrected chi connectivity index (χ2v) is 6.99. The van der Waals surface area contributed by atoms with Crippen LogP contribution in [0.4, 0.5) is 0 Å². The number of ether oxygens (including phenoxy) is 4. The van der Waals surface area contributed by atoms with E-state index in [9.17, 15) is 4.79 Å². The normalized spacial score (nSPS) is 10.6. The van der Waals surface area contributed by atoms with Gasteiger partial charge in [0, 0.05) is 5.02 Å². The molecule has 1 amide bonds. The summed E-state index contributed by atoms with van der Waals surface area (Å²) >= 11 is 5.90. The van der Waals surface area contributed by atoms with E-state index in [2.05, 4.69) is 10.5 Å². The van der Waals surface area contributed by atoms with Crippen LogP contribution < -0.4 is 24.4 Å². The van der Waals surface area contributed by atoms with Gasteiger partial charge in [-0.2, -0.15) is 5.10 Å². The van der Waals surface area contributed by atoms with Crippen LogP contribution in [0.1, 0.15) is 11.1 Å². The van der Waals surface area contributed by atoms with E-state index in [0.717, 1.165) is 11.1 Å². The van der Waals surface area contributed by atoms with Gasteiger partial charge < -0.3 is 18.9 Å². The molecule has 7 nitrogen and oxygen atoms in total. The van der Waals surface area contributed by atoms with Gasteiger partial charge in [-0.1, -0.05) is 35.9 Å². The number of hydrogen-bond acceptors (Lipinski definition) is 6. The zero-order chi connectivity index (χ0) is 22.8. The average molecular weight is 455 g/mol. The highest BCUT2D eigenvalue weighted by atomic mass is 35.5. The topological polar surface area (TPSA) is 78.4 Å². The first-order chi connectivity index (χ1) is 15.6. The second kappa shape index (κ2) is 11.6. The molecule has 0 unspecified atom stereocenters. The number of rotatable bonds is 10. The Morgan fingerprint density at radius 3 is 2.31 bits per heavy atom. The fourth-order valence-corrected chi connectivity index (χ4v) is 2.84. The van der Waals surface area contributed by atoms with Crippen LogP contribution in [0, 0.1) is 0 Å². The molecule has 0 fully saturated rings. The van der Waals surface area contributed by atoms with Gasteiger partial charge in [0.05, 0.1) is 20.4 Å². The highest BCUT2D eigenvalue weighted by Gasteiger charge is 2.07. The number of carbonyl (C=O) groups is 1. The van der Waals surface area contributed by atoms with Crippen molar-refractivity contribution < 1.29 is 23.7 Å². The minimum atomic E-state index is -0.401. The summed E-state index contributed by atoms with van der Waals surface area (Å²) in [5, 5.41) is 4.63. The zero-order valence-electron chi connectivity index (χ0n) is 17.7. The molecule has 0 aromatic heterocycles. The Hall–Kier alpha value is -3.71. The quantitative estimate of drug-likeness (QED) is 0.361. The monoisotopic (exact) mass is 454 g/mol. The van der Waals surface area contributed by atoms with Crippen molar-refractivity contribution in [3.63, 3.8) is 0 Å². The lowest BCUT2D eigenvalue weighted by molar-refractivity contribution is -0.123. The van der Waals surface area contributed by atoms with Gasteiger partial charge in [0.25, 0.3) is 5.91 Å². The molecule has 0 bridgehead atoms. The molecule has 0 aliphatic heterocycles. The van der Waals surface area contributed by atoms with Crippen LogP contribution in [0.3, 0.4) is 0 Å². The van der Waals surface area contributed by atoms with Crippen LogP contribution in [0.15, 0.2) is 71.8 Å². The van der Waals surface area contributed by atoms with Crippen LogP contribution in [0.2, 0.25) is 5.02 Å². The minimum Gasteiger partial charge on any atom is -0.493 e. The number of nitrogens with zero attached hydrogens (tertiary/aromatic N) is 1. The maximum atomic E-state index is 12.0. The van der Waals surface area contributed by atoms with Crippen molar-refractivity contribution >= 4 is 23.7 Å². The SMILES string of the molecule is COc1ccccc1OCC(=O)N/N=C\c1ccc(OCc2ccc(Cl)cc2)c(OC)c1. The van der Waals surface area contributed by atoms with Gasteiger partial charge in [-0.15, -0.1) is 0 Å². The maximum absolute atomic E-state index is 12.0. The number of para-hydroxylation sites is 2. The highest BCUT2D eigenvalue weighted by molar-refractivity contribution is 6.30. The smallest absolute Gasteiger partial charge is 0.277 e. The molecule has 0 atom stereocenters. The molecule has 0 saturated carbocycles. The molecule has 0 spiro atoms. The van der Waals surface area contributed by atoms with Gasteiger partial charge in [-0.25, -0.2) is 5.43 Å². The molecule has 1 N–H and O–H groups in total. The zero-order valence-corrected chi connectivity index (χ0v) is 18.5. The highest BCUT2D eigenvalue weighted by Crippen LogP contribution is 2.28. The van der Waals surface area contributed by atoms with Crippen LogP contribution in [-0.4, -0.2) is 32.9 Å². The number of amides is 1. The average Bonchev–Trinajstić information content (AvgIpc) is 2.83. The Morgan fingerprint density at radius 2 is 1.59 bits per heavy atom. The van der Waals surface area contributed by atoms with E-state index in [1.807, 2.05) is 30.3 Å². The van der Waals surface area contributed by atoms with Crippen molar-refractivity contribution in [2.45, 2.75) is 6.61 Å². The van der Waals surface area contributed by atoms with Crippen molar-refractivity contribution in [1.29, 1.82) is 0 Å². The fraction of sp³-hybridized carbons (Fsp3) is 0.167. The summed E-state index contributed by atoms with van der Waals surface area (Å²) in [4.78, 5) is 12.0. The van der Waals surface area contributed by atoms with Crippen molar-refractivity contribution in [3.05, 3.63) is 82.9 Å². The Morgan fingerprint density at radius 1 is 0.906 bits per heavy atom. The predicted molar refractivity (Wildman–Crippen MR) is 123 cm³/mol. The second-order valence-electron chi connectivity index (χ2n) is 6.56. The third kappa shape index (κ3) is 6.65. The number of carbonyl (C=O) groups excluding carboxylic acids is 1. The van der Waals surface area contributed by atoms with E-state index in [0.29, 0.717) is 34.6 Å². The first-order valence-corrected chi connectivity index (χ1v) is 10.1. The Labute approximate surface area is 191 Å². The van der Waals surface area contributed by atoms with Gasteiger partial charge in [0.15, 0.2) is 29.6 Å². The van der Waals surface area contributed by atoms with E-state index in [-0.39, 0.29) is 6.61 Å². The van der Waals surface area contributed by atoms with Gasteiger partial charge in [-0.05, 0) is 53.6 Å². The summed E-state index contributed by atoms with van der Waals surface area (Å²) in [6.07, 6.45) is 1.51. The molecule has 8 heteroatoms. The molecule has 0 heterocycles. The molecule has 3 aromatic rings. The molecule has 166 valence electrons. The third-order valence-electron chi connectivity index (χ3n) is 4.33. The summed E-state index contributed by atoms with van der Waals surface area (Å²) in [5.41, 5.74) is 4.14. The summed E-state index contributed by atoms with van der Waals surface area (Å²) in [7, 11) is 3.09. The molecule has 3 rings (SSSR count). The molecule has 0 saturated heterocycles. The first kappa shape index (κ1) is 23.0. The fourth-order valence-electron chi connectivity index (χ4n) is 2.72. The standard InChI is InChI=1S/C24H23ClN2O5/c1-29-20-5-3-4-6-21(20)32-16-24(28)27-26-14-18-9-12-22(23(13-18)30-2)31-15-17-7-10-19(25)11-8-17/h3-14H,15-16H2,1-2H3,(H,27,28)/b26-14-. The van der Waals surface area contributed by atoms with Crippen molar-refractivity contribution in [2.75, 3.05) is 20.8 Å². The Kier molecular flexibility index (Phi) is 8.34. The molecular formula is C24H23ClN2O5. The molecule has 0 aliphatic carbocycles. The van der Waals surface area contributed by atoms with Crippen LogP contribution >= 0.6 is 11.6 Å². The summed E-state index contributed by atoms with van der Waals surface area (Å²) < 4.78 is 21.9. The number of halogens is 1. The van der Waals surface area contributed by atoms with E-state index >= 15 is 0 Å². The van der Waals surface area contributed by atoms with Gasteiger partial charge >= 0.3 is 0 Å². The lowest BCUT2D eigenvalue weighted by Gasteiger charge is -2.11. The Bertz CT molecular complexity index is 1070. The van der Waals surface area contributed by atoms with Crippen LogP contribution in [0.25, 0.3) is 0 Å². The first-order valence-electron chi connectivity index (χ1n) is 9.72. The van der Waals surface area contributed by atoms with Crippen molar-refractivity contribution in [2.24, 2.45) is 5.10 Å². The number of methoxy groups -OCH3 is 2. The van der Waals surface area contributed by atoms with E-state index in [1.54, 1.807) is 43.5 Å². The maximum Gasteiger partial charge on any atom is 0.277 e. The summed E-state index contributed by atoms with van der Waals surface area (Å²) in [6, 6.07) is 19.9. The number of nitrogens with one attached hydrogen (secondary N) is 1. The predicted octanol–water partition coefficient (Wildman–Crippen LogP) is 4.47. The van der Waals surface area contributed by atoms with E-state index in [1.165, 1.54) is 13.3 Å².